The average Bonchev–Trinajstić information content (AvgIpc) is 3.05. The number of para-hydroxylation sites is 2. The zero-order chi connectivity index (χ0) is 34.7. The zero-order valence-corrected chi connectivity index (χ0v) is 26.9. The van der Waals surface area contributed by atoms with E-state index in [-0.39, 0.29) is 35.9 Å². The Hall–Kier alpha value is -5.94. The SMILES string of the molecule is CC(C)(C)NC(=O)c1ccccc1OC[C@@H](N=[N+]=[N-])[C@H](Cc1ccccc1)NC(=O)[C@H](CC(N)=O)NC(=O)c1ccc2ccccc2n1. The van der Waals surface area contributed by atoms with E-state index in [0.717, 1.165) is 10.9 Å². The Balaban J connectivity index is 1.58. The molecule has 1 aromatic heterocycles. The van der Waals surface area contributed by atoms with Gasteiger partial charge in [-0.2, -0.15) is 0 Å². The molecule has 1 heterocycles. The highest BCUT2D eigenvalue weighted by molar-refractivity contribution is 5.99. The quantitative estimate of drug-likeness (QED) is 0.0893. The van der Waals surface area contributed by atoms with Crippen molar-refractivity contribution >= 4 is 34.5 Å². The highest BCUT2D eigenvalue weighted by atomic mass is 16.5. The minimum absolute atomic E-state index is 0.0475. The van der Waals surface area contributed by atoms with Gasteiger partial charge in [0, 0.05) is 21.9 Å². The van der Waals surface area contributed by atoms with Crippen LogP contribution < -0.4 is 26.4 Å². The maximum absolute atomic E-state index is 13.7. The molecule has 48 heavy (non-hydrogen) atoms. The predicted molar refractivity (Wildman–Crippen MR) is 181 cm³/mol. The molecule has 0 aliphatic carbocycles. The van der Waals surface area contributed by atoms with Gasteiger partial charge < -0.3 is 26.4 Å². The van der Waals surface area contributed by atoms with Crippen LogP contribution in [0, 0.1) is 0 Å². The number of pyridine rings is 1. The molecule has 0 fully saturated rings. The highest BCUT2D eigenvalue weighted by Crippen LogP contribution is 2.21. The zero-order valence-electron chi connectivity index (χ0n) is 26.9. The first-order chi connectivity index (χ1) is 22.9. The summed E-state index contributed by atoms with van der Waals surface area (Å²) in [6.45, 7) is 5.36. The number of carbonyl (C=O) groups is 4. The Kier molecular flexibility index (Phi) is 11.7. The molecule has 0 radical (unpaired) electrons. The lowest BCUT2D eigenvalue weighted by atomic mass is 9.99. The lowest BCUT2D eigenvalue weighted by Crippen LogP contribution is -2.54. The molecular weight excluding hydrogens is 612 g/mol. The predicted octanol–water partition coefficient (Wildman–Crippen LogP) is 4.22. The van der Waals surface area contributed by atoms with Crippen molar-refractivity contribution < 1.29 is 23.9 Å². The Morgan fingerprint density at radius 1 is 0.896 bits per heavy atom. The summed E-state index contributed by atoms with van der Waals surface area (Å²) in [5.74, 6) is -2.32. The summed E-state index contributed by atoms with van der Waals surface area (Å²) in [7, 11) is 0. The van der Waals surface area contributed by atoms with Gasteiger partial charge in [0.05, 0.1) is 30.1 Å². The van der Waals surface area contributed by atoms with E-state index in [1.165, 1.54) is 6.07 Å². The summed E-state index contributed by atoms with van der Waals surface area (Å²) in [5, 5.41) is 13.1. The van der Waals surface area contributed by atoms with Crippen molar-refractivity contribution in [1.82, 2.24) is 20.9 Å². The summed E-state index contributed by atoms with van der Waals surface area (Å²) in [4.78, 5) is 59.3. The van der Waals surface area contributed by atoms with E-state index in [1.807, 2.05) is 63.2 Å². The van der Waals surface area contributed by atoms with Gasteiger partial charge in [0.2, 0.25) is 11.8 Å². The van der Waals surface area contributed by atoms with Crippen LogP contribution in [0.3, 0.4) is 0 Å². The number of ether oxygens (including phenoxy) is 1. The molecule has 3 atom stereocenters. The Morgan fingerprint density at radius 3 is 2.29 bits per heavy atom. The second-order valence-electron chi connectivity index (χ2n) is 12.2. The first-order valence-corrected chi connectivity index (χ1v) is 15.3. The molecule has 0 aliphatic heterocycles. The molecule has 4 aromatic rings. The van der Waals surface area contributed by atoms with Crippen LogP contribution in [-0.2, 0) is 16.0 Å². The number of hydrogen-bond acceptors (Lipinski definition) is 7. The van der Waals surface area contributed by atoms with Crippen LogP contribution in [0.25, 0.3) is 21.3 Å². The van der Waals surface area contributed by atoms with Crippen molar-refractivity contribution in [2.75, 3.05) is 6.61 Å². The standard InChI is InChI=1S/C35H38N8O5/c1-35(2,3)41-32(45)24-14-8-10-16-30(24)48-21-29(42-43-37)27(19-22-11-5-4-6-12-22)39-34(47)28(20-31(36)44)40-33(46)26-18-17-23-13-7-9-15-25(23)38-26/h4-18,27-29H,19-21H2,1-3H3,(H2,36,44)(H,39,47)(H,40,46)(H,41,45)/t27-,28-,29+/m0/s1. The van der Waals surface area contributed by atoms with Crippen LogP contribution in [0.4, 0.5) is 0 Å². The smallest absolute Gasteiger partial charge is 0.270 e. The number of azide groups is 1. The number of benzene rings is 3. The van der Waals surface area contributed by atoms with Crippen molar-refractivity contribution in [3.05, 3.63) is 118 Å². The Morgan fingerprint density at radius 2 is 1.58 bits per heavy atom. The first-order valence-electron chi connectivity index (χ1n) is 15.3. The number of carbonyl (C=O) groups excluding carboxylic acids is 4. The van der Waals surface area contributed by atoms with Gasteiger partial charge in [0.1, 0.15) is 17.5 Å². The lowest BCUT2D eigenvalue weighted by molar-refractivity contribution is -0.127. The lowest BCUT2D eigenvalue weighted by Gasteiger charge is -2.28. The molecule has 13 heteroatoms. The molecule has 0 saturated heterocycles. The van der Waals surface area contributed by atoms with Gasteiger partial charge in [-0.15, -0.1) is 0 Å². The van der Waals surface area contributed by atoms with Gasteiger partial charge in [0.15, 0.2) is 0 Å². The number of nitrogens with two attached hydrogens (primary N) is 1. The van der Waals surface area contributed by atoms with E-state index in [0.29, 0.717) is 5.52 Å². The molecule has 4 amide bonds. The summed E-state index contributed by atoms with van der Waals surface area (Å²) in [5.41, 5.74) is 16.2. The van der Waals surface area contributed by atoms with Crippen molar-refractivity contribution in [3.8, 4) is 5.75 Å². The van der Waals surface area contributed by atoms with E-state index < -0.39 is 47.8 Å². The molecule has 5 N–H and O–H groups in total. The Bertz CT molecular complexity index is 1820. The molecule has 3 aromatic carbocycles. The maximum atomic E-state index is 13.7. The van der Waals surface area contributed by atoms with Crippen LogP contribution in [-0.4, -0.2) is 58.9 Å². The highest BCUT2D eigenvalue weighted by Gasteiger charge is 2.30. The molecule has 4 rings (SSSR count). The fraction of sp³-hybridized carbons (Fsp3) is 0.286. The molecule has 0 aliphatic rings. The second-order valence-corrected chi connectivity index (χ2v) is 12.2. The van der Waals surface area contributed by atoms with Crippen molar-refractivity contribution in [3.63, 3.8) is 0 Å². The van der Waals surface area contributed by atoms with E-state index in [2.05, 4.69) is 31.0 Å². The van der Waals surface area contributed by atoms with Gasteiger partial charge >= 0.3 is 0 Å². The molecule has 13 nitrogen and oxygen atoms in total. The van der Waals surface area contributed by atoms with E-state index >= 15 is 0 Å². The number of nitrogens with zero attached hydrogens (tertiary/aromatic N) is 4. The fourth-order valence-corrected chi connectivity index (χ4v) is 4.93. The van der Waals surface area contributed by atoms with E-state index in [1.54, 1.807) is 42.5 Å². The number of amides is 4. The summed E-state index contributed by atoms with van der Waals surface area (Å²) in [6.07, 6.45) is -0.294. The number of aromatic nitrogens is 1. The minimum Gasteiger partial charge on any atom is -0.492 e. The van der Waals surface area contributed by atoms with Gasteiger partial charge in [-0.25, -0.2) is 4.98 Å². The third kappa shape index (κ3) is 10.0. The van der Waals surface area contributed by atoms with Gasteiger partial charge in [0.25, 0.3) is 11.8 Å². The van der Waals surface area contributed by atoms with Gasteiger partial charge in [-0.3, -0.25) is 19.2 Å². The third-order valence-corrected chi connectivity index (χ3v) is 7.18. The van der Waals surface area contributed by atoms with E-state index in [9.17, 15) is 24.7 Å². The number of fused-ring (bicyclic) bond motifs is 1. The largest absolute Gasteiger partial charge is 0.492 e. The topological polar surface area (TPSA) is 201 Å². The molecule has 0 unspecified atom stereocenters. The van der Waals surface area contributed by atoms with Crippen LogP contribution in [0.15, 0.2) is 96.1 Å². The van der Waals surface area contributed by atoms with Crippen molar-refractivity contribution in [2.24, 2.45) is 10.8 Å². The number of primary amides is 1. The second kappa shape index (κ2) is 16.1. The van der Waals surface area contributed by atoms with Crippen molar-refractivity contribution in [1.29, 1.82) is 0 Å². The molecule has 0 saturated carbocycles. The van der Waals surface area contributed by atoms with Crippen molar-refractivity contribution in [2.45, 2.75) is 57.3 Å². The van der Waals surface area contributed by atoms with Crippen LogP contribution >= 0.6 is 0 Å². The monoisotopic (exact) mass is 650 g/mol. The van der Waals surface area contributed by atoms with Crippen LogP contribution in [0.1, 0.15) is 53.6 Å². The fourth-order valence-electron chi connectivity index (χ4n) is 4.93. The van der Waals surface area contributed by atoms with Gasteiger partial charge in [-0.1, -0.05) is 71.8 Å². The van der Waals surface area contributed by atoms with E-state index in [4.69, 9.17) is 10.5 Å². The first kappa shape index (κ1) is 34.9. The normalized spacial score (nSPS) is 12.9. The summed E-state index contributed by atoms with van der Waals surface area (Å²) < 4.78 is 6.04. The summed E-state index contributed by atoms with van der Waals surface area (Å²) >= 11 is 0. The minimum atomic E-state index is -1.36. The maximum Gasteiger partial charge on any atom is 0.270 e. The number of rotatable bonds is 14. The number of hydrogen-bond donors (Lipinski definition) is 4. The van der Waals surface area contributed by atoms with Crippen LogP contribution in [0.2, 0.25) is 0 Å². The number of nitrogens with one attached hydrogen (secondary N) is 3. The molecule has 0 bridgehead atoms. The average molecular weight is 651 g/mol. The summed E-state index contributed by atoms with van der Waals surface area (Å²) in [6, 6.07) is 23.1. The Labute approximate surface area is 277 Å². The third-order valence-electron chi connectivity index (χ3n) is 7.18. The molecular formula is C35H38N8O5. The molecule has 0 spiro atoms. The van der Waals surface area contributed by atoms with Gasteiger partial charge in [-0.05, 0) is 62.6 Å². The van der Waals surface area contributed by atoms with Crippen LogP contribution in [0.5, 0.6) is 5.75 Å². The molecule has 248 valence electrons.